The first-order valence-electron chi connectivity index (χ1n) is 11.4. The minimum absolute atomic E-state index is 0.0815. The monoisotopic (exact) mass is 507 g/mol. The summed E-state index contributed by atoms with van der Waals surface area (Å²) in [5.41, 5.74) is 1.87. The van der Waals surface area contributed by atoms with Gasteiger partial charge in [0.2, 0.25) is 11.2 Å². The Morgan fingerprint density at radius 1 is 1.06 bits per heavy atom. The summed E-state index contributed by atoms with van der Waals surface area (Å²) in [6.07, 6.45) is -1.00. The summed E-state index contributed by atoms with van der Waals surface area (Å²) in [5.74, 6) is 1.04. The Kier molecular flexibility index (Phi) is 7.50. The first-order chi connectivity index (χ1) is 17.3. The number of amides is 1. The Labute approximate surface area is 213 Å². The Balaban J connectivity index is 1.70. The molecule has 0 saturated heterocycles. The van der Waals surface area contributed by atoms with E-state index in [9.17, 15) is 9.59 Å². The lowest BCUT2D eigenvalue weighted by molar-refractivity contribution is -0.122. The first kappa shape index (κ1) is 25.1. The zero-order chi connectivity index (χ0) is 25.8. The van der Waals surface area contributed by atoms with Crippen LogP contribution in [0.25, 0.3) is 22.3 Å². The molecule has 4 rings (SSSR count). The highest BCUT2D eigenvalue weighted by Crippen LogP contribution is 2.34. The maximum atomic E-state index is 13.5. The largest absolute Gasteiger partial charge is 0.497 e. The average molecular weight is 508 g/mol. The molecule has 0 fully saturated rings. The molecule has 0 radical (unpaired) electrons. The number of methoxy groups -OCH3 is 1. The highest BCUT2D eigenvalue weighted by molar-refractivity contribution is 6.32. The van der Waals surface area contributed by atoms with E-state index in [1.54, 1.807) is 74.7 Å². The van der Waals surface area contributed by atoms with Crippen molar-refractivity contribution in [3.8, 4) is 28.6 Å². The van der Waals surface area contributed by atoms with E-state index in [2.05, 4.69) is 5.32 Å². The number of ether oxygens (including phenoxy) is 3. The van der Waals surface area contributed by atoms with Crippen LogP contribution in [0.15, 0.2) is 69.9 Å². The van der Waals surface area contributed by atoms with Gasteiger partial charge in [-0.25, -0.2) is 0 Å². The molecule has 36 heavy (non-hydrogen) atoms. The molecule has 1 unspecified atom stereocenters. The minimum atomic E-state index is -1.00. The van der Waals surface area contributed by atoms with Crippen molar-refractivity contribution in [1.29, 1.82) is 0 Å². The van der Waals surface area contributed by atoms with Gasteiger partial charge in [0, 0.05) is 16.3 Å². The quantitative estimate of drug-likeness (QED) is 0.304. The van der Waals surface area contributed by atoms with Gasteiger partial charge in [0.15, 0.2) is 11.9 Å². The van der Waals surface area contributed by atoms with Gasteiger partial charge < -0.3 is 23.9 Å². The second-order valence-electron chi connectivity index (χ2n) is 8.12. The van der Waals surface area contributed by atoms with Crippen molar-refractivity contribution in [2.45, 2.75) is 26.9 Å². The van der Waals surface area contributed by atoms with E-state index in [0.717, 1.165) is 5.56 Å². The van der Waals surface area contributed by atoms with Crippen molar-refractivity contribution in [3.05, 3.63) is 81.5 Å². The van der Waals surface area contributed by atoms with Crippen LogP contribution >= 0.6 is 11.6 Å². The Hall–Kier alpha value is -3.97. The van der Waals surface area contributed by atoms with Gasteiger partial charge in [-0.3, -0.25) is 9.59 Å². The summed E-state index contributed by atoms with van der Waals surface area (Å²) >= 11 is 6.27. The normalized spacial score (nSPS) is 11.7. The van der Waals surface area contributed by atoms with Crippen LogP contribution in [0.2, 0.25) is 5.02 Å². The van der Waals surface area contributed by atoms with E-state index in [1.807, 2.05) is 13.8 Å². The van der Waals surface area contributed by atoms with Gasteiger partial charge in [-0.2, -0.15) is 0 Å². The van der Waals surface area contributed by atoms with Gasteiger partial charge in [0.25, 0.3) is 5.91 Å². The molecule has 0 spiro atoms. The van der Waals surface area contributed by atoms with Gasteiger partial charge in [-0.05, 0) is 87.0 Å². The van der Waals surface area contributed by atoms with E-state index in [4.69, 9.17) is 30.2 Å². The third-order valence-corrected chi connectivity index (χ3v) is 5.99. The van der Waals surface area contributed by atoms with Gasteiger partial charge in [0.1, 0.15) is 17.1 Å². The topological polar surface area (TPSA) is 87.0 Å². The number of hydrogen-bond donors (Lipinski definition) is 1. The molecule has 0 saturated carbocycles. The van der Waals surface area contributed by atoms with E-state index in [1.165, 1.54) is 0 Å². The summed E-state index contributed by atoms with van der Waals surface area (Å²) in [6, 6.07) is 17.2. The number of halogens is 1. The molecule has 1 atom stereocenters. The van der Waals surface area contributed by atoms with Crippen LogP contribution in [0.1, 0.15) is 19.4 Å². The zero-order valence-electron chi connectivity index (χ0n) is 20.4. The molecule has 1 amide bonds. The van der Waals surface area contributed by atoms with Crippen LogP contribution in [-0.2, 0) is 4.79 Å². The fourth-order valence-corrected chi connectivity index (χ4v) is 3.78. The van der Waals surface area contributed by atoms with Crippen LogP contribution in [0.4, 0.5) is 5.69 Å². The fraction of sp³-hybridized carbons (Fsp3) is 0.214. The lowest BCUT2D eigenvalue weighted by atomic mass is 10.1. The maximum Gasteiger partial charge on any atom is 0.265 e. The maximum absolute atomic E-state index is 13.5. The van der Waals surface area contributed by atoms with E-state index in [0.29, 0.717) is 40.0 Å². The van der Waals surface area contributed by atoms with Gasteiger partial charge in [-0.15, -0.1) is 0 Å². The highest BCUT2D eigenvalue weighted by Gasteiger charge is 2.24. The Morgan fingerprint density at radius 2 is 1.72 bits per heavy atom. The van der Waals surface area contributed by atoms with E-state index >= 15 is 0 Å². The molecule has 0 aliphatic carbocycles. The van der Waals surface area contributed by atoms with Crippen LogP contribution < -0.4 is 25.0 Å². The number of hydrogen-bond acceptors (Lipinski definition) is 6. The van der Waals surface area contributed by atoms with Crippen LogP contribution in [-0.4, -0.2) is 25.7 Å². The number of benzene rings is 3. The number of rotatable bonds is 8. The predicted molar refractivity (Wildman–Crippen MR) is 141 cm³/mol. The van der Waals surface area contributed by atoms with Crippen molar-refractivity contribution in [2.24, 2.45) is 0 Å². The summed E-state index contributed by atoms with van der Waals surface area (Å²) in [5, 5.41) is 3.48. The molecular weight excluding hydrogens is 482 g/mol. The molecule has 8 heteroatoms. The molecule has 1 aromatic heterocycles. The molecule has 186 valence electrons. The molecule has 0 bridgehead atoms. The fourth-order valence-electron chi connectivity index (χ4n) is 3.61. The molecule has 0 aliphatic rings. The number of carbonyl (C=O) groups excluding carboxylic acids is 1. The highest BCUT2D eigenvalue weighted by atomic mass is 35.5. The molecule has 1 N–H and O–H groups in total. The number of aryl methyl sites for hydroxylation is 1. The van der Waals surface area contributed by atoms with Crippen molar-refractivity contribution in [1.82, 2.24) is 0 Å². The van der Waals surface area contributed by atoms with Gasteiger partial charge >= 0.3 is 0 Å². The number of nitrogens with one attached hydrogen (secondary N) is 1. The summed E-state index contributed by atoms with van der Waals surface area (Å²) in [4.78, 5) is 26.4. The second-order valence-corrected chi connectivity index (χ2v) is 8.53. The van der Waals surface area contributed by atoms with Crippen molar-refractivity contribution < 1.29 is 23.4 Å². The van der Waals surface area contributed by atoms with E-state index in [-0.39, 0.29) is 16.9 Å². The smallest absolute Gasteiger partial charge is 0.265 e. The summed E-state index contributed by atoms with van der Waals surface area (Å²) < 4.78 is 22.7. The summed E-state index contributed by atoms with van der Waals surface area (Å²) in [7, 11) is 1.57. The SMILES string of the molecule is CCOc1ccc(NC(=O)C(C)Oc2c(-c3ccc(OC)cc3)oc3cc(C)c(Cl)cc3c2=O)cc1. The van der Waals surface area contributed by atoms with Crippen LogP contribution in [0.5, 0.6) is 17.2 Å². The molecule has 1 heterocycles. The molecular formula is C28H26ClNO6. The Morgan fingerprint density at radius 3 is 2.36 bits per heavy atom. The van der Waals surface area contributed by atoms with Crippen molar-refractivity contribution in [2.75, 3.05) is 19.0 Å². The summed E-state index contributed by atoms with van der Waals surface area (Å²) in [6.45, 7) is 5.83. The third kappa shape index (κ3) is 5.31. The Bertz CT molecular complexity index is 1440. The number of carbonyl (C=O) groups is 1. The first-order valence-corrected chi connectivity index (χ1v) is 11.8. The van der Waals surface area contributed by atoms with Crippen molar-refractivity contribution >= 4 is 34.2 Å². The van der Waals surface area contributed by atoms with Crippen LogP contribution in [0, 0.1) is 6.92 Å². The number of fused-ring (bicyclic) bond motifs is 1. The predicted octanol–water partition coefficient (Wildman–Crippen LogP) is 6.24. The molecule has 4 aromatic rings. The lowest BCUT2D eigenvalue weighted by Crippen LogP contribution is -2.31. The zero-order valence-corrected chi connectivity index (χ0v) is 21.1. The second kappa shape index (κ2) is 10.7. The molecule has 3 aromatic carbocycles. The number of anilines is 1. The standard InChI is InChI=1S/C28H26ClNO6/c1-5-34-21-12-8-19(9-13-21)30-28(32)17(3)35-27-25(31)22-15-23(29)16(2)14-24(22)36-26(27)18-6-10-20(33-4)11-7-18/h6-15,17H,5H2,1-4H3,(H,30,32). The van der Waals surface area contributed by atoms with Crippen LogP contribution in [0.3, 0.4) is 0 Å². The van der Waals surface area contributed by atoms with E-state index < -0.39 is 17.4 Å². The molecule has 7 nitrogen and oxygen atoms in total. The lowest BCUT2D eigenvalue weighted by Gasteiger charge is -2.17. The van der Waals surface area contributed by atoms with Crippen molar-refractivity contribution in [3.63, 3.8) is 0 Å². The molecule has 0 aliphatic heterocycles. The van der Waals surface area contributed by atoms with Gasteiger partial charge in [0.05, 0.1) is 19.1 Å². The van der Waals surface area contributed by atoms with Gasteiger partial charge in [-0.1, -0.05) is 11.6 Å². The third-order valence-electron chi connectivity index (χ3n) is 5.58. The minimum Gasteiger partial charge on any atom is -0.497 e. The average Bonchev–Trinajstić information content (AvgIpc) is 2.88.